The van der Waals surface area contributed by atoms with Gasteiger partial charge < -0.3 is 14.7 Å². The third-order valence-corrected chi connectivity index (χ3v) is 4.12. The lowest BCUT2D eigenvalue weighted by atomic mass is 9.89. The molecule has 0 amide bonds. The Hall–Kier alpha value is -1.10. The Balaban J connectivity index is 1.79. The van der Waals surface area contributed by atoms with Crippen molar-refractivity contribution in [3.8, 4) is 5.75 Å². The van der Waals surface area contributed by atoms with Gasteiger partial charge in [0.15, 0.2) is 0 Å². The zero-order valence-corrected chi connectivity index (χ0v) is 11.5. The lowest BCUT2D eigenvalue weighted by Crippen LogP contribution is -2.42. The molecule has 19 heavy (non-hydrogen) atoms. The van der Waals surface area contributed by atoms with Gasteiger partial charge in [-0.15, -0.1) is 0 Å². The number of nitrogens with zero attached hydrogens (tertiary/aromatic N) is 2. The SMILES string of the molecule is CN1Cc2ccc(O)cc2C(CN2CCOCC2)C1. The summed E-state index contributed by atoms with van der Waals surface area (Å²) < 4.78 is 5.41. The molecule has 0 aromatic heterocycles. The number of fused-ring (bicyclic) bond motifs is 1. The standard InChI is InChI=1S/C15H22N2O2/c1-16-9-12-2-3-14(18)8-15(12)13(10-16)11-17-4-6-19-7-5-17/h2-3,8,13,18H,4-7,9-11H2,1H3. The van der Waals surface area contributed by atoms with Crippen LogP contribution in [0.4, 0.5) is 0 Å². The van der Waals surface area contributed by atoms with E-state index < -0.39 is 0 Å². The van der Waals surface area contributed by atoms with E-state index in [4.69, 9.17) is 4.74 Å². The number of phenolic OH excluding ortho intramolecular Hbond substituents is 1. The van der Waals surface area contributed by atoms with Crippen LogP contribution in [-0.4, -0.2) is 61.3 Å². The Morgan fingerprint density at radius 3 is 2.89 bits per heavy atom. The largest absolute Gasteiger partial charge is 0.508 e. The Kier molecular flexibility index (Phi) is 3.73. The highest BCUT2D eigenvalue weighted by atomic mass is 16.5. The highest BCUT2D eigenvalue weighted by molar-refractivity contribution is 5.39. The first-order valence-corrected chi connectivity index (χ1v) is 7.03. The van der Waals surface area contributed by atoms with Crippen molar-refractivity contribution >= 4 is 0 Å². The molecule has 1 atom stereocenters. The maximum Gasteiger partial charge on any atom is 0.115 e. The average molecular weight is 262 g/mol. The van der Waals surface area contributed by atoms with Crippen molar-refractivity contribution in [3.63, 3.8) is 0 Å². The van der Waals surface area contributed by atoms with E-state index in [0.29, 0.717) is 11.7 Å². The van der Waals surface area contributed by atoms with Crippen LogP contribution in [-0.2, 0) is 11.3 Å². The number of likely N-dealkylation sites (N-methyl/N-ethyl adjacent to an activating group) is 1. The number of hydrogen-bond acceptors (Lipinski definition) is 4. The van der Waals surface area contributed by atoms with Gasteiger partial charge in [0.25, 0.3) is 0 Å². The Morgan fingerprint density at radius 2 is 2.11 bits per heavy atom. The molecule has 0 aliphatic carbocycles. The van der Waals surface area contributed by atoms with Crippen molar-refractivity contribution in [1.82, 2.24) is 9.80 Å². The Morgan fingerprint density at radius 1 is 1.32 bits per heavy atom. The van der Waals surface area contributed by atoms with Crippen LogP contribution in [0, 0.1) is 0 Å². The van der Waals surface area contributed by atoms with Gasteiger partial charge in [-0.2, -0.15) is 0 Å². The molecule has 4 nitrogen and oxygen atoms in total. The first kappa shape index (κ1) is 12.9. The smallest absolute Gasteiger partial charge is 0.115 e. The second kappa shape index (κ2) is 5.49. The van der Waals surface area contributed by atoms with Crippen molar-refractivity contribution in [1.29, 1.82) is 0 Å². The monoisotopic (exact) mass is 262 g/mol. The predicted octanol–water partition coefficient (Wildman–Crippen LogP) is 1.25. The van der Waals surface area contributed by atoms with Gasteiger partial charge in [0.2, 0.25) is 0 Å². The third kappa shape index (κ3) is 2.91. The Labute approximate surface area is 114 Å². The molecule has 0 radical (unpaired) electrons. The molecule has 1 fully saturated rings. The molecule has 3 rings (SSSR count). The molecular weight excluding hydrogens is 240 g/mol. The maximum atomic E-state index is 9.73. The second-order valence-electron chi connectivity index (χ2n) is 5.69. The molecule has 0 spiro atoms. The van der Waals surface area contributed by atoms with E-state index in [0.717, 1.165) is 45.9 Å². The van der Waals surface area contributed by atoms with Crippen molar-refractivity contribution in [2.45, 2.75) is 12.5 Å². The molecule has 1 aromatic carbocycles. The summed E-state index contributed by atoms with van der Waals surface area (Å²) in [7, 11) is 2.17. The highest BCUT2D eigenvalue weighted by Gasteiger charge is 2.26. The fraction of sp³-hybridized carbons (Fsp3) is 0.600. The molecule has 1 aromatic rings. The summed E-state index contributed by atoms with van der Waals surface area (Å²) >= 11 is 0. The summed E-state index contributed by atoms with van der Waals surface area (Å²) in [4.78, 5) is 4.84. The topological polar surface area (TPSA) is 35.9 Å². The number of morpholine rings is 1. The molecule has 104 valence electrons. The van der Waals surface area contributed by atoms with Gasteiger partial charge in [0, 0.05) is 38.6 Å². The molecule has 1 saturated heterocycles. The van der Waals surface area contributed by atoms with E-state index in [9.17, 15) is 5.11 Å². The predicted molar refractivity (Wildman–Crippen MR) is 74.4 cm³/mol. The fourth-order valence-corrected chi connectivity index (χ4v) is 3.19. The summed E-state index contributed by atoms with van der Waals surface area (Å²) in [6.07, 6.45) is 0. The van der Waals surface area contributed by atoms with Crippen LogP contribution < -0.4 is 0 Å². The van der Waals surface area contributed by atoms with Crippen LogP contribution >= 0.6 is 0 Å². The third-order valence-electron chi connectivity index (χ3n) is 4.12. The molecule has 0 saturated carbocycles. The lowest BCUT2D eigenvalue weighted by molar-refractivity contribution is 0.0326. The molecular formula is C15H22N2O2. The first-order valence-electron chi connectivity index (χ1n) is 7.03. The van der Waals surface area contributed by atoms with E-state index in [1.165, 1.54) is 11.1 Å². The minimum atomic E-state index is 0.385. The number of benzene rings is 1. The van der Waals surface area contributed by atoms with Gasteiger partial charge in [0.05, 0.1) is 13.2 Å². The van der Waals surface area contributed by atoms with Crippen molar-refractivity contribution in [2.24, 2.45) is 0 Å². The number of aromatic hydroxyl groups is 1. The maximum absolute atomic E-state index is 9.73. The molecule has 0 bridgehead atoms. The highest BCUT2D eigenvalue weighted by Crippen LogP contribution is 2.31. The summed E-state index contributed by atoms with van der Waals surface area (Å²) in [5.41, 5.74) is 2.68. The fourth-order valence-electron chi connectivity index (χ4n) is 3.19. The van der Waals surface area contributed by atoms with E-state index >= 15 is 0 Å². The number of rotatable bonds is 2. The van der Waals surface area contributed by atoms with E-state index in [1.54, 1.807) is 6.07 Å². The minimum Gasteiger partial charge on any atom is -0.508 e. The van der Waals surface area contributed by atoms with Crippen LogP contribution in [0.3, 0.4) is 0 Å². The molecule has 2 heterocycles. The van der Waals surface area contributed by atoms with Crippen LogP contribution in [0.2, 0.25) is 0 Å². The normalized spacial score (nSPS) is 25.2. The average Bonchev–Trinajstić information content (AvgIpc) is 2.41. The molecule has 1 unspecified atom stereocenters. The summed E-state index contributed by atoms with van der Waals surface area (Å²) in [5, 5.41) is 9.73. The van der Waals surface area contributed by atoms with Gasteiger partial charge >= 0.3 is 0 Å². The van der Waals surface area contributed by atoms with Crippen molar-refractivity contribution in [2.75, 3.05) is 46.4 Å². The zero-order valence-electron chi connectivity index (χ0n) is 11.5. The summed E-state index contributed by atoms with van der Waals surface area (Å²) in [6.45, 7) is 6.83. The van der Waals surface area contributed by atoms with Gasteiger partial charge in [-0.25, -0.2) is 0 Å². The van der Waals surface area contributed by atoms with Crippen LogP contribution in [0.5, 0.6) is 5.75 Å². The molecule has 4 heteroatoms. The molecule has 1 N–H and O–H groups in total. The van der Waals surface area contributed by atoms with Gasteiger partial charge in [-0.1, -0.05) is 6.07 Å². The van der Waals surface area contributed by atoms with Crippen molar-refractivity contribution < 1.29 is 9.84 Å². The quantitative estimate of drug-likeness (QED) is 0.870. The van der Waals surface area contributed by atoms with Crippen LogP contribution in [0.15, 0.2) is 18.2 Å². The van der Waals surface area contributed by atoms with Gasteiger partial charge in [-0.05, 0) is 30.3 Å². The number of ether oxygens (including phenoxy) is 1. The number of hydrogen-bond donors (Lipinski definition) is 1. The van der Waals surface area contributed by atoms with Crippen LogP contribution in [0.25, 0.3) is 0 Å². The Bertz CT molecular complexity index is 444. The molecule has 2 aliphatic heterocycles. The zero-order chi connectivity index (χ0) is 13.2. The minimum absolute atomic E-state index is 0.385. The molecule has 2 aliphatic rings. The summed E-state index contributed by atoms with van der Waals surface area (Å²) in [5.74, 6) is 0.870. The van der Waals surface area contributed by atoms with E-state index in [2.05, 4.69) is 22.9 Å². The van der Waals surface area contributed by atoms with Crippen LogP contribution in [0.1, 0.15) is 17.0 Å². The summed E-state index contributed by atoms with van der Waals surface area (Å²) in [6, 6.07) is 5.81. The van der Waals surface area contributed by atoms with E-state index in [-0.39, 0.29) is 0 Å². The van der Waals surface area contributed by atoms with E-state index in [1.807, 2.05) is 6.07 Å². The van der Waals surface area contributed by atoms with Gasteiger partial charge in [-0.3, -0.25) is 4.90 Å². The number of phenols is 1. The first-order chi connectivity index (χ1) is 9.22. The lowest BCUT2D eigenvalue weighted by Gasteiger charge is -2.36. The van der Waals surface area contributed by atoms with Gasteiger partial charge in [0.1, 0.15) is 5.75 Å². The second-order valence-corrected chi connectivity index (χ2v) is 5.69. The van der Waals surface area contributed by atoms with Crippen molar-refractivity contribution in [3.05, 3.63) is 29.3 Å².